The Morgan fingerprint density at radius 1 is 1.44 bits per heavy atom. The Kier molecular flexibility index (Phi) is 4.28. The van der Waals surface area contributed by atoms with E-state index >= 15 is 0 Å². The van der Waals surface area contributed by atoms with Gasteiger partial charge in [0.1, 0.15) is 5.82 Å². The van der Waals surface area contributed by atoms with E-state index < -0.39 is 0 Å². The van der Waals surface area contributed by atoms with E-state index in [1.165, 1.54) is 6.07 Å². The molecule has 0 saturated carbocycles. The Morgan fingerprint density at radius 3 is 2.69 bits per heavy atom. The molecule has 88 valence electrons. The van der Waals surface area contributed by atoms with Gasteiger partial charge in [-0.25, -0.2) is 4.39 Å². The molecule has 0 atom stereocenters. The van der Waals surface area contributed by atoms with E-state index in [0.29, 0.717) is 11.3 Å². The number of aryl methyl sites for hydroxylation is 1. The second kappa shape index (κ2) is 5.49. The van der Waals surface area contributed by atoms with Crippen molar-refractivity contribution in [1.82, 2.24) is 5.32 Å². The van der Waals surface area contributed by atoms with Crippen LogP contribution in [-0.2, 0) is 4.79 Å². The van der Waals surface area contributed by atoms with Crippen molar-refractivity contribution in [2.75, 3.05) is 11.9 Å². The molecular formula is C12H17FN2O. The third-order valence-electron chi connectivity index (χ3n) is 2.07. The first kappa shape index (κ1) is 12.5. The number of carbonyl (C=O) groups excluding carboxylic acids is 1. The minimum atomic E-state index is -0.269. The lowest BCUT2D eigenvalue weighted by atomic mass is 10.2. The average Bonchev–Trinajstić information content (AvgIpc) is 2.19. The topological polar surface area (TPSA) is 41.1 Å². The number of amides is 1. The highest BCUT2D eigenvalue weighted by atomic mass is 19.1. The Morgan fingerprint density at radius 2 is 2.12 bits per heavy atom. The molecular weight excluding hydrogens is 207 g/mol. The van der Waals surface area contributed by atoms with E-state index in [1.807, 2.05) is 13.8 Å². The third-order valence-corrected chi connectivity index (χ3v) is 2.07. The van der Waals surface area contributed by atoms with Gasteiger partial charge in [0.05, 0.1) is 6.54 Å². The van der Waals surface area contributed by atoms with E-state index in [-0.39, 0.29) is 24.3 Å². The number of hydrogen-bond donors (Lipinski definition) is 2. The van der Waals surface area contributed by atoms with Crippen LogP contribution in [0.2, 0.25) is 0 Å². The fraction of sp³-hybridized carbons (Fsp3) is 0.417. The van der Waals surface area contributed by atoms with Gasteiger partial charge in [-0.15, -0.1) is 0 Å². The van der Waals surface area contributed by atoms with Crippen LogP contribution < -0.4 is 10.6 Å². The monoisotopic (exact) mass is 224 g/mol. The molecule has 16 heavy (non-hydrogen) atoms. The second-order valence-corrected chi connectivity index (χ2v) is 4.04. The highest BCUT2D eigenvalue weighted by Gasteiger charge is 2.03. The highest BCUT2D eigenvalue weighted by molar-refractivity contribution is 5.80. The van der Waals surface area contributed by atoms with Crippen molar-refractivity contribution in [3.63, 3.8) is 0 Å². The fourth-order valence-electron chi connectivity index (χ4n) is 1.26. The number of benzene rings is 1. The summed E-state index contributed by atoms with van der Waals surface area (Å²) in [5.41, 5.74) is 1.21. The van der Waals surface area contributed by atoms with Crippen molar-refractivity contribution in [3.05, 3.63) is 29.6 Å². The lowest BCUT2D eigenvalue weighted by Gasteiger charge is -2.10. The minimum absolute atomic E-state index is 0.101. The van der Waals surface area contributed by atoms with Crippen molar-refractivity contribution >= 4 is 11.6 Å². The molecule has 1 aromatic rings. The molecule has 0 aliphatic rings. The van der Waals surface area contributed by atoms with E-state index in [2.05, 4.69) is 10.6 Å². The molecule has 0 spiro atoms. The molecule has 0 heterocycles. The van der Waals surface area contributed by atoms with Gasteiger partial charge in [0.15, 0.2) is 0 Å². The second-order valence-electron chi connectivity index (χ2n) is 4.04. The molecule has 4 heteroatoms. The maximum absolute atomic E-state index is 13.2. The predicted molar refractivity (Wildman–Crippen MR) is 62.9 cm³/mol. The van der Waals surface area contributed by atoms with Gasteiger partial charge in [0, 0.05) is 11.7 Å². The van der Waals surface area contributed by atoms with Gasteiger partial charge in [-0.3, -0.25) is 4.79 Å². The first-order valence-corrected chi connectivity index (χ1v) is 5.28. The summed E-state index contributed by atoms with van der Waals surface area (Å²) in [6, 6.07) is 4.93. The van der Waals surface area contributed by atoms with E-state index in [4.69, 9.17) is 0 Å². The molecule has 1 amide bonds. The minimum Gasteiger partial charge on any atom is -0.376 e. The Labute approximate surface area is 95.0 Å². The maximum Gasteiger partial charge on any atom is 0.239 e. The van der Waals surface area contributed by atoms with Crippen LogP contribution in [0.15, 0.2) is 18.2 Å². The number of anilines is 1. The smallest absolute Gasteiger partial charge is 0.239 e. The number of hydrogen-bond acceptors (Lipinski definition) is 2. The quantitative estimate of drug-likeness (QED) is 0.822. The number of halogens is 1. The molecule has 3 nitrogen and oxygen atoms in total. The van der Waals surface area contributed by atoms with E-state index in [1.54, 1.807) is 19.1 Å². The van der Waals surface area contributed by atoms with Gasteiger partial charge in [0.25, 0.3) is 0 Å². The van der Waals surface area contributed by atoms with Gasteiger partial charge in [-0.2, -0.15) is 0 Å². The third kappa shape index (κ3) is 3.88. The van der Waals surface area contributed by atoms with Crippen LogP contribution in [0.1, 0.15) is 19.4 Å². The van der Waals surface area contributed by atoms with Gasteiger partial charge >= 0.3 is 0 Å². The zero-order valence-corrected chi connectivity index (χ0v) is 9.80. The van der Waals surface area contributed by atoms with Crippen LogP contribution in [0.5, 0.6) is 0 Å². The first-order valence-electron chi connectivity index (χ1n) is 5.28. The van der Waals surface area contributed by atoms with Crippen LogP contribution in [0.25, 0.3) is 0 Å². The summed E-state index contributed by atoms with van der Waals surface area (Å²) in [5, 5.41) is 5.61. The molecule has 1 aromatic carbocycles. The lowest BCUT2D eigenvalue weighted by Crippen LogP contribution is -2.34. The SMILES string of the molecule is Cc1ccc(NCC(=O)NC(C)C)cc1F. The zero-order chi connectivity index (χ0) is 12.1. The maximum atomic E-state index is 13.2. The summed E-state index contributed by atoms with van der Waals surface area (Å²) < 4.78 is 13.2. The van der Waals surface area contributed by atoms with Gasteiger partial charge in [-0.1, -0.05) is 6.07 Å². The van der Waals surface area contributed by atoms with Crippen molar-refractivity contribution in [3.8, 4) is 0 Å². The van der Waals surface area contributed by atoms with Crippen molar-refractivity contribution in [1.29, 1.82) is 0 Å². The molecule has 0 bridgehead atoms. The number of nitrogens with one attached hydrogen (secondary N) is 2. The summed E-state index contributed by atoms with van der Waals surface area (Å²) in [7, 11) is 0. The molecule has 0 saturated heterocycles. The summed E-state index contributed by atoms with van der Waals surface area (Å²) >= 11 is 0. The van der Waals surface area contributed by atoms with Crippen molar-refractivity contribution in [2.45, 2.75) is 26.8 Å². The molecule has 0 aliphatic heterocycles. The molecule has 0 unspecified atom stereocenters. The standard InChI is InChI=1S/C12H17FN2O/c1-8(2)15-12(16)7-14-10-5-4-9(3)11(13)6-10/h4-6,8,14H,7H2,1-3H3,(H,15,16). The van der Waals surface area contributed by atoms with Crippen LogP contribution in [0.3, 0.4) is 0 Å². The zero-order valence-electron chi connectivity index (χ0n) is 9.80. The Balaban J connectivity index is 2.48. The molecule has 1 rings (SSSR count). The lowest BCUT2D eigenvalue weighted by molar-refractivity contribution is -0.119. The van der Waals surface area contributed by atoms with E-state index in [9.17, 15) is 9.18 Å². The van der Waals surface area contributed by atoms with Crippen LogP contribution >= 0.6 is 0 Å². The average molecular weight is 224 g/mol. The summed E-state index contributed by atoms with van der Waals surface area (Å²) in [5.74, 6) is -0.370. The number of rotatable bonds is 4. The molecule has 0 fully saturated rings. The first-order chi connectivity index (χ1) is 7.49. The van der Waals surface area contributed by atoms with Gasteiger partial charge < -0.3 is 10.6 Å². The van der Waals surface area contributed by atoms with Gasteiger partial charge in [0.2, 0.25) is 5.91 Å². The molecule has 0 aliphatic carbocycles. The van der Waals surface area contributed by atoms with E-state index in [0.717, 1.165) is 0 Å². The molecule has 2 N–H and O–H groups in total. The fourth-order valence-corrected chi connectivity index (χ4v) is 1.26. The summed E-state index contributed by atoms with van der Waals surface area (Å²) in [6.45, 7) is 5.64. The Hall–Kier alpha value is -1.58. The summed E-state index contributed by atoms with van der Waals surface area (Å²) in [6.07, 6.45) is 0. The van der Waals surface area contributed by atoms with Crippen molar-refractivity contribution in [2.24, 2.45) is 0 Å². The largest absolute Gasteiger partial charge is 0.376 e. The Bertz CT molecular complexity index is 377. The summed E-state index contributed by atoms with van der Waals surface area (Å²) in [4.78, 5) is 11.3. The number of carbonyl (C=O) groups is 1. The predicted octanol–water partition coefficient (Wildman–Crippen LogP) is 2.07. The van der Waals surface area contributed by atoms with Crippen LogP contribution in [0.4, 0.5) is 10.1 Å². The van der Waals surface area contributed by atoms with Crippen molar-refractivity contribution < 1.29 is 9.18 Å². The normalized spacial score (nSPS) is 10.3. The molecule has 0 aromatic heterocycles. The van der Waals surface area contributed by atoms with Gasteiger partial charge in [-0.05, 0) is 38.5 Å². The van der Waals surface area contributed by atoms with Crippen LogP contribution in [0, 0.1) is 12.7 Å². The molecule has 0 radical (unpaired) electrons. The highest BCUT2D eigenvalue weighted by Crippen LogP contribution is 2.12. The van der Waals surface area contributed by atoms with Crippen LogP contribution in [-0.4, -0.2) is 18.5 Å².